The Kier molecular flexibility index (Phi) is 9.51. The summed E-state index contributed by atoms with van der Waals surface area (Å²) < 4.78 is 11.0. The molecular weight excluding hydrogens is 480 g/mol. The maximum absolute atomic E-state index is 13.8. The van der Waals surface area contributed by atoms with Crippen LogP contribution >= 0.6 is 0 Å². The summed E-state index contributed by atoms with van der Waals surface area (Å²) in [6, 6.07) is 28.0. The quantitative estimate of drug-likeness (QED) is 0.362. The average molecular weight is 515 g/mol. The molecule has 0 spiro atoms. The Bertz CT molecular complexity index is 1190. The first-order valence-corrected chi connectivity index (χ1v) is 13.0. The van der Waals surface area contributed by atoms with Crippen LogP contribution in [-0.4, -0.2) is 53.9 Å². The van der Waals surface area contributed by atoms with Gasteiger partial charge in [-0.3, -0.25) is 4.79 Å². The molecule has 198 valence electrons. The predicted molar refractivity (Wildman–Crippen MR) is 144 cm³/mol. The molecule has 0 N–H and O–H groups in total. The smallest absolute Gasteiger partial charge is 0.409 e. The Morgan fingerprint density at radius 1 is 0.816 bits per heavy atom. The molecule has 2 amide bonds. The molecule has 7 nitrogen and oxygen atoms in total. The van der Waals surface area contributed by atoms with Crippen molar-refractivity contribution in [1.29, 1.82) is 0 Å². The summed E-state index contributed by atoms with van der Waals surface area (Å²) in [7, 11) is 1.63. The zero-order valence-electron chi connectivity index (χ0n) is 21.7. The van der Waals surface area contributed by atoms with E-state index in [0.29, 0.717) is 19.4 Å². The highest BCUT2D eigenvalue weighted by molar-refractivity contribution is 5.87. The van der Waals surface area contributed by atoms with E-state index >= 15 is 0 Å². The molecule has 7 heteroatoms. The molecule has 1 aliphatic rings. The van der Waals surface area contributed by atoms with E-state index in [1.165, 1.54) is 4.90 Å². The van der Waals surface area contributed by atoms with Crippen LogP contribution in [0.25, 0.3) is 0 Å². The summed E-state index contributed by atoms with van der Waals surface area (Å²) in [5, 5.41) is 0. The molecular formula is C31H34N2O5. The minimum Gasteiger partial charge on any atom is -0.459 e. The van der Waals surface area contributed by atoms with Gasteiger partial charge in [-0.25, -0.2) is 9.59 Å². The fraction of sp³-hybridized carbons (Fsp3) is 0.323. The molecule has 0 aromatic heterocycles. The summed E-state index contributed by atoms with van der Waals surface area (Å²) in [6.07, 6.45) is 1.23. The van der Waals surface area contributed by atoms with Crippen molar-refractivity contribution < 1.29 is 23.9 Å². The van der Waals surface area contributed by atoms with Crippen molar-refractivity contribution in [2.75, 3.05) is 20.1 Å². The van der Waals surface area contributed by atoms with E-state index in [1.54, 1.807) is 11.9 Å². The van der Waals surface area contributed by atoms with Gasteiger partial charge < -0.3 is 19.3 Å². The van der Waals surface area contributed by atoms with Crippen molar-refractivity contribution in [2.45, 2.75) is 38.5 Å². The molecule has 1 aliphatic heterocycles. The molecule has 3 aromatic rings. The van der Waals surface area contributed by atoms with Gasteiger partial charge in [-0.2, -0.15) is 0 Å². The molecule has 1 saturated heterocycles. The van der Waals surface area contributed by atoms with Crippen molar-refractivity contribution >= 4 is 18.0 Å². The van der Waals surface area contributed by atoms with Gasteiger partial charge in [0, 0.05) is 20.1 Å². The number of carbonyl (C=O) groups excluding carboxylic acids is 3. The van der Waals surface area contributed by atoms with Crippen molar-refractivity contribution in [2.24, 2.45) is 5.92 Å². The molecule has 4 rings (SSSR count). The first-order valence-electron chi connectivity index (χ1n) is 13.0. The summed E-state index contributed by atoms with van der Waals surface area (Å²) in [5.74, 6) is -1.08. The van der Waals surface area contributed by atoms with E-state index in [1.807, 2.05) is 91.0 Å². The van der Waals surface area contributed by atoms with Gasteiger partial charge in [0.2, 0.25) is 5.91 Å². The van der Waals surface area contributed by atoms with Crippen LogP contribution < -0.4 is 0 Å². The lowest BCUT2D eigenvalue weighted by atomic mass is 9.97. The maximum atomic E-state index is 13.8. The second-order valence-corrected chi connectivity index (χ2v) is 9.59. The van der Waals surface area contributed by atoms with Gasteiger partial charge in [0.1, 0.15) is 19.3 Å². The highest BCUT2D eigenvalue weighted by Crippen LogP contribution is 2.24. The van der Waals surface area contributed by atoms with Crippen molar-refractivity contribution in [3.05, 3.63) is 108 Å². The number of esters is 1. The van der Waals surface area contributed by atoms with Gasteiger partial charge in [0.25, 0.3) is 0 Å². The fourth-order valence-electron chi connectivity index (χ4n) is 4.70. The van der Waals surface area contributed by atoms with Crippen LogP contribution in [0.15, 0.2) is 91.0 Å². The third kappa shape index (κ3) is 7.44. The Hall–Kier alpha value is -4.13. The first-order chi connectivity index (χ1) is 18.5. The van der Waals surface area contributed by atoms with E-state index < -0.39 is 24.0 Å². The van der Waals surface area contributed by atoms with Crippen LogP contribution in [0.5, 0.6) is 0 Å². The maximum Gasteiger partial charge on any atom is 0.409 e. The lowest BCUT2D eigenvalue weighted by Crippen LogP contribution is -2.47. The summed E-state index contributed by atoms with van der Waals surface area (Å²) >= 11 is 0. The second-order valence-electron chi connectivity index (χ2n) is 9.59. The highest BCUT2D eigenvalue weighted by atomic mass is 16.6. The Morgan fingerprint density at radius 3 is 1.92 bits per heavy atom. The molecule has 1 heterocycles. The first kappa shape index (κ1) is 26.9. The van der Waals surface area contributed by atoms with E-state index in [9.17, 15) is 14.4 Å². The molecule has 1 fully saturated rings. The molecule has 38 heavy (non-hydrogen) atoms. The molecule has 0 aliphatic carbocycles. The lowest BCUT2D eigenvalue weighted by molar-refractivity contribution is -0.155. The number of nitrogens with zero attached hydrogens (tertiary/aromatic N) is 2. The van der Waals surface area contributed by atoms with Crippen LogP contribution in [0.4, 0.5) is 4.79 Å². The standard InChI is InChI=1S/C31H34N2O5/c1-32(31(36)38-23-26-16-9-4-10-17-26)21-27(20-24-12-5-2-6-13-24)29(34)33-19-11-18-28(33)30(35)37-22-25-14-7-3-8-15-25/h2-10,12-17,27-28H,11,18-23H2,1H3/t27?,28-/m0/s1. The van der Waals surface area contributed by atoms with Gasteiger partial charge in [-0.15, -0.1) is 0 Å². The Morgan fingerprint density at radius 2 is 1.34 bits per heavy atom. The second kappa shape index (κ2) is 13.4. The van der Waals surface area contributed by atoms with Crippen molar-refractivity contribution in [3.63, 3.8) is 0 Å². The Labute approximate surface area is 224 Å². The van der Waals surface area contributed by atoms with E-state index in [4.69, 9.17) is 9.47 Å². The van der Waals surface area contributed by atoms with Crippen molar-refractivity contribution in [3.8, 4) is 0 Å². The molecule has 0 bridgehead atoms. The number of rotatable bonds is 10. The van der Waals surface area contributed by atoms with Crippen LogP contribution in [-0.2, 0) is 38.7 Å². The lowest BCUT2D eigenvalue weighted by Gasteiger charge is -2.30. The molecule has 0 radical (unpaired) electrons. The van der Waals surface area contributed by atoms with E-state index in [2.05, 4.69) is 0 Å². The SMILES string of the molecule is CN(CC(Cc1ccccc1)C(=O)N1CCC[C@H]1C(=O)OCc1ccccc1)C(=O)OCc1ccccc1. The Balaban J connectivity index is 1.42. The topological polar surface area (TPSA) is 76.2 Å². The minimum absolute atomic E-state index is 0.156. The number of benzene rings is 3. The van der Waals surface area contributed by atoms with Crippen LogP contribution in [0.2, 0.25) is 0 Å². The third-order valence-electron chi connectivity index (χ3n) is 6.72. The average Bonchev–Trinajstić information content (AvgIpc) is 3.46. The van der Waals surface area contributed by atoms with E-state index in [-0.39, 0.29) is 25.7 Å². The largest absolute Gasteiger partial charge is 0.459 e. The predicted octanol–water partition coefficient (Wildman–Crippen LogP) is 4.85. The van der Waals surface area contributed by atoms with Gasteiger partial charge >= 0.3 is 12.1 Å². The number of ether oxygens (including phenoxy) is 2. The molecule has 2 atom stereocenters. The highest BCUT2D eigenvalue weighted by Gasteiger charge is 2.38. The van der Waals surface area contributed by atoms with Crippen LogP contribution in [0, 0.1) is 5.92 Å². The minimum atomic E-state index is -0.625. The van der Waals surface area contributed by atoms with E-state index in [0.717, 1.165) is 23.1 Å². The third-order valence-corrected chi connectivity index (χ3v) is 6.72. The fourth-order valence-corrected chi connectivity index (χ4v) is 4.70. The summed E-state index contributed by atoms with van der Waals surface area (Å²) in [4.78, 5) is 42.6. The number of carbonyl (C=O) groups is 3. The van der Waals surface area contributed by atoms with Gasteiger partial charge in [0.05, 0.1) is 5.92 Å². The van der Waals surface area contributed by atoms with Crippen LogP contribution in [0.3, 0.4) is 0 Å². The summed E-state index contributed by atoms with van der Waals surface area (Å²) in [6.45, 7) is 0.978. The zero-order valence-corrected chi connectivity index (χ0v) is 21.7. The number of amides is 2. The monoisotopic (exact) mass is 514 g/mol. The molecule has 3 aromatic carbocycles. The van der Waals surface area contributed by atoms with Gasteiger partial charge in [-0.1, -0.05) is 91.0 Å². The molecule has 1 unspecified atom stereocenters. The summed E-state index contributed by atoms with van der Waals surface area (Å²) in [5.41, 5.74) is 2.77. The normalized spacial score (nSPS) is 15.5. The number of hydrogen-bond donors (Lipinski definition) is 0. The number of likely N-dealkylation sites (tertiary alicyclic amines) is 1. The van der Waals surface area contributed by atoms with Crippen molar-refractivity contribution in [1.82, 2.24) is 9.80 Å². The van der Waals surface area contributed by atoms with Gasteiger partial charge in [-0.05, 0) is 36.0 Å². The van der Waals surface area contributed by atoms with Gasteiger partial charge in [0.15, 0.2) is 0 Å². The van der Waals surface area contributed by atoms with Crippen LogP contribution in [0.1, 0.15) is 29.5 Å². The number of hydrogen-bond acceptors (Lipinski definition) is 5. The zero-order chi connectivity index (χ0) is 26.7. The molecule has 0 saturated carbocycles.